The molecular formula is C30H29NO3. The molecule has 1 aliphatic carbocycles. The van der Waals surface area contributed by atoms with Gasteiger partial charge in [-0.15, -0.1) is 0 Å². The Labute approximate surface area is 200 Å². The molecule has 34 heavy (non-hydrogen) atoms. The minimum atomic E-state index is -1.06. The van der Waals surface area contributed by atoms with Gasteiger partial charge in [0.25, 0.3) is 5.91 Å². The van der Waals surface area contributed by atoms with Gasteiger partial charge in [-0.2, -0.15) is 0 Å². The van der Waals surface area contributed by atoms with Gasteiger partial charge >= 0.3 is 0 Å². The van der Waals surface area contributed by atoms with Crippen LogP contribution in [-0.4, -0.2) is 40.4 Å². The number of benzene rings is 3. The van der Waals surface area contributed by atoms with Crippen molar-refractivity contribution in [3.05, 3.63) is 82.4 Å². The van der Waals surface area contributed by atoms with E-state index in [1.54, 1.807) is 38.1 Å². The molecule has 1 saturated heterocycles. The first kappa shape index (κ1) is 22.4. The number of carbonyl (C=O) groups excluding carboxylic acids is 2. The van der Waals surface area contributed by atoms with E-state index >= 15 is 0 Å². The zero-order valence-corrected chi connectivity index (χ0v) is 19.7. The smallest absolute Gasteiger partial charge is 0.253 e. The van der Waals surface area contributed by atoms with Crippen LogP contribution < -0.4 is 0 Å². The molecule has 1 atom stereocenters. The van der Waals surface area contributed by atoms with Crippen molar-refractivity contribution in [2.75, 3.05) is 13.1 Å². The molecule has 0 aromatic heterocycles. The zero-order chi connectivity index (χ0) is 23.9. The highest BCUT2D eigenvalue weighted by Crippen LogP contribution is 2.34. The molecule has 3 aromatic rings. The van der Waals surface area contributed by atoms with E-state index in [0.29, 0.717) is 18.7 Å². The molecule has 4 nitrogen and oxygen atoms in total. The molecule has 0 saturated carbocycles. The third kappa shape index (κ3) is 4.36. The molecule has 0 radical (unpaired) electrons. The number of aliphatic hydroxyl groups is 1. The SMILES string of the molecule is CC(C)(O)C#Cc1ccc(C(=O)N2CCCC(C(=O)c3ccc4c5c(cccc35)CC4)C2)cc1. The number of ketones is 1. The summed E-state index contributed by atoms with van der Waals surface area (Å²) in [6.07, 6.45) is 3.70. The lowest BCUT2D eigenvalue weighted by molar-refractivity contribution is 0.0637. The second-order valence-electron chi connectivity index (χ2n) is 9.95. The van der Waals surface area contributed by atoms with Crippen molar-refractivity contribution in [3.8, 4) is 11.8 Å². The number of amides is 1. The Balaban J connectivity index is 1.33. The number of nitrogens with zero attached hydrogens (tertiary/aromatic N) is 1. The quantitative estimate of drug-likeness (QED) is 0.460. The third-order valence-electron chi connectivity index (χ3n) is 6.87. The number of Topliss-reactive ketones (excluding diaryl/α,β-unsaturated/α-hetero) is 1. The predicted molar refractivity (Wildman–Crippen MR) is 134 cm³/mol. The molecule has 1 N–H and O–H groups in total. The topological polar surface area (TPSA) is 57.6 Å². The zero-order valence-electron chi connectivity index (χ0n) is 19.7. The van der Waals surface area contributed by atoms with Gasteiger partial charge in [0.1, 0.15) is 5.60 Å². The van der Waals surface area contributed by atoms with Gasteiger partial charge in [-0.1, -0.05) is 42.2 Å². The largest absolute Gasteiger partial charge is 0.378 e. The summed E-state index contributed by atoms with van der Waals surface area (Å²) in [4.78, 5) is 28.6. The summed E-state index contributed by atoms with van der Waals surface area (Å²) in [6, 6.07) is 17.5. The van der Waals surface area contributed by atoms with Crippen molar-refractivity contribution in [2.45, 2.75) is 45.1 Å². The van der Waals surface area contributed by atoms with Crippen LogP contribution in [0.1, 0.15) is 64.1 Å². The van der Waals surface area contributed by atoms with Crippen molar-refractivity contribution >= 4 is 22.5 Å². The number of piperidine rings is 1. The summed E-state index contributed by atoms with van der Waals surface area (Å²) < 4.78 is 0. The van der Waals surface area contributed by atoms with Crippen molar-refractivity contribution < 1.29 is 14.7 Å². The average Bonchev–Trinajstić information content (AvgIpc) is 3.27. The van der Waals surface area contributed by atoms with E-state index in [9.17, 15) is 14.7 Å². The van der Waals surface area contributed by atoms with E-state index < -0.39 is 5.60 Å². The first-order valence-electron chi connectivity index (χ1n) is 12.0. The van der Waals surface area contributed by atoms with Gasteiger partial charge in [-0.3, -0.25) is 9.59 Å². The molecule has 1 aliphatic heterocycles. The van der Waals surface area contributed by atoms with E-state index in [1.807, 2.05) is 11.0 Å². The maximum Gasteiger partial charge on any atom is 0.253 e. The van der Waals surface area contributed by atoms with Gasteiger partial charge in [-0.05, 0) is 85.7 Å². The highest BCUT2D eigenvalue weighted by atomic mass is 16.3. The van der Waals surface area contributed by atoms with E-state index in [2.05, 4.69) is 36.1 Å². The normalized spacial score (nSPS) is 17.4. The molecule has 2 aliphatic rings. The fourth-order valence-electron chi connectivity index (χ4n) is 5.16. The molecule has 3 aromatic carbocycles. The van der Waals surface area contributed by atoms with Crippen LogP contribution >= 0.6 is 0 Å². The first-order chi connectivity index (χ1) is 16.3. The van der Waals surface area contributed by atoms with Gasteiger partial charge in [-0.25, -0.2) is 0 Å². The second kappa shape index (κ2) is 8.74. The Morgan fingerprint density at radius 1 is 1.00 bits per heavy atom. The summed E-state index contributed by atoms with van der Waals surface area (Å²) >= 11 is 0. The predicted octanol–water partition coefficient (Wildman–Crippen LogP) is 4.80. The van der Waals surface area contributed by atoms with Gasteiger partial charge in [0.15, 0.2) is 5.78 Å². The lowest BCUT2D eigenvalue weighted by Gasteiger charge is -2.32. The molecule has 0 bridgehead atoms. The lowest BCUT2D eigenvalue weighted by Crippen LogP contribution is -2.42. The summed E-state index contributed by atoms with van der Waals surface area (Å²) in [5.74, 6) is 5.61. The highest BCUT2D eigenvalue weighted by Gasteiger charge is 2.31. The van der Waals surface area contributed by atoms with Crippen LogP contribution in [-0.2, 0) is 12.8 Å². The molecule has 1 unspecified atom stereocenters. The summed E-state index contributed by atoms with van der Waals surface area (Å²) in [5.41, 5.74) is 3.73. The number of likely N-dealkylation sites (tertiary alicyclic amines) is 1. The maximum absolute atomic E-state index is 13.6. The maximum atomic E-state index is 13.6. The number of hydrogen-bond donors (Lipinski definition) is 1. The van der Waals surface area contributed by atoms with Gasteiger partial charge in [0.05, 0.1) is 0 Å². The van der Waals surface area contributed by atoms with E-state index in [4.69, 9.17) is 0 Å². The number of hydrogen-bond acceptors (Lipinski definition) is 3. The van der Waals surface area contributed by atoms with E-state index in [-0.39, 0.29) is 17.6 Å². The molecule has 1 amide bonds. The van der Waals surface area contributed by atoms with Crippen LogP contribution in [0.3, 0.4) is 0 Å². The summed E-state index contributed by atoms with van der Waals surface area (Å²) in [6.45, 7) is 4.37. The molecular weight excluding hydrogens is 422 g/mol. The second-order valence-corrected chi connectivity index (χ2v) is 9.95. The molecule has 0 spiro atoms. The van der Waals surface area contributed by atoms with Crippen LogP contribution in [0.4, 0.5) is 0 Å². The summed E-state index contributed by atoms with van der Waals surface area (Å²) in [5, 5.41) is 12.1. The number of rotatable bonds is 3. The van der Waals surface area contributed by atoms with Crippen molar-refractivity contribution in [1.29, 1.82) is 0 Å². The van der Waals surface area contributed by atoms with Crippen LogP contribution in [0, 0.1) is 17.8 Å². The fourth-order valence-corrected chi connectivity index (χ4v) is 5.16. The standard InChI is InChI=1S/C30H29NO3/c1-30(2,34)17-16-20-8-10-23(11-9-20)29(33)31-18-4-6-24(19-31)28(32)26-15-14-22-13-12-21-5-3-7-25(26)27(21)22/h3,5,7-11,14-15,24,34H,4,6,12-13,18-19H2,1-2H3. The van der Waals surface area contributed by atoms with Gasteiger partial charge in [0, 0.05) is 35.7 Å². The number of carbonyl (C=O) groups is 2. The molecule has 5 rings (SSSR count). The molecule has 1 heterocycles. The minimum Gasteiger partial charge on any atom is -0.378 e. The van der Waals surface area contributed by atoms with Gasteiger partial charge < -0.3 is 10.0 Å². The monoisotopic (exact) mass is 451 g/mol. The Kier molecular flexibility index (Phi) is 5.75. The van der Waals surface area contributed by atoms with E-state index in [0.717, 1.165) is 42.2 Å². The molecule has 4 heteroatoms. The minimum absolute atomic E-state index is 0.0556. The lowest BCUT2D eigenvalue weighted by atomic mass is 9.87. The van der Waals surface area contributed by atoms with Crippen LogP contribution in [0.25, 0.3) is 10.8 Å². The van der Waals surface area contributed by atoms with Crippen LogP contribution in [0.15, 0.2) is 54.6 Å². The average molecular weight is 452 g/mol. The Bertz CT molecular complexity index is 1330. The Hall–Kier alpha value is -3.42. The van der Waals surface area contributed by atoms with Crippen LogP contribution in [0.5, 0.6) is 0 Å². The Morgan fingerprint density at radius 3 is 2.47 bits per heavy atom. The summed E-state index contributed by atoms with van der Waals surface area (Å²) in [7, 11) is 0. The van der Waals surface area contributed by atoms with Crippen molar-refractivity contribution in [3.63, 3.8) is 0 Å². The van der Waals surface area contributed by atoms with Crippen molar-refractivity contribution in [2.24, 2.45) is 5.92 Å². The van der Waals surface area contributed by atoms with Crippen LogP contribution in [0.2, 0.25) is 0 Å². The highest BCUT2D eigenvalue weighted by molar-refractivity contribution is 6.11. The first-order valence-corrected chi connectivity index (χ1v) is 12.0. The van der Waals surface area contributed by atoms with E-state index in [1.165, 1.54) is 16.5 Å². The van der Waals surface area contributed by atoms with Crippen molar-refractivity contribution in [1.82, 2.24) is 4.90 Å². The molecule has 1 fully saturated rings. The number of aryl methyl sites for hydroxylation is 2. The molecule has 172 valence electrons. The fraction of sp³-hybridized carbons (Fsp3) is 0.333. The van der Waals surface area contributed by atoms with Gasteiger partial charge in [0.2, 0.25) is 0 Å². The Morgan fingerprint density at radius 2 is 1.74 bits per heavy atom. The third-order valence-corrected chi connectivity index (χ3v) is 6.87.